The molecular weight excluding hydrogens is 300 g/mol. The summed E-state index contributed by atoms with van der Waals surface area (Å²) >= 11 is 0. The third-order valence-electron chi connectivity index (χ3n) is 3.92. The van der Waals surface area contributed by atoms with Crippen LogP contribution in [-0.2, 0) is 0 Å². The number of hydrogen-bond acceptors (Lipinski definition) is 2. The van der Waals surface area contributed by atoms with Crippen molar-refractivity contribution in [3.8, 4) is 5.75 Å². The Labute approximate surface area is 141 Å². The number of ether oxygens (including phenoxy) is 1. The molecule has 1 aromatic heterocycles. The molecule has 1 amide bonds. The van der Waals surface area contributed by atoms with Gasteiger partial charge in [0.05, 0.1) is 6.10 Å². The van der Waals surface area contributed by atoms with Crippen molar-refractivity contribution in [1.29, 1.82) is 0 Å². The average molecular weight is 322 g/mol. The third kappa shape index (κ3) is 3.27. The highest BCUT2D eigenvalue weighted by atomic mass is 16.5. The van der Waals surface area contributed by atoms with E-state index in [1.54, 1.807) is 0 Å². The molecule has 0 saturated carbocycles. The number of H-pyrrole nitrogens is 1. The van der Waals surface area contributed by atoms with E-state index in [4.69, 9.17) is 4.74 Å². The minimum absolute atomic E-state index is 0.128. The number of carbonyl (C=O) groups excluding carboxylic acids is 1. The lowest BCUT2D eigenvalue weighted by atomic mass is 10.1. The van der Waals surface area contributed by atoms with Gasteiger partial charge in [-0.1, -0.05) is 11.6 Å². The lowest BCUT2D eigenvalue weighted by Crippen LogP contribution is -2.13. The molecule has 2 N–H and O–H groups in total. The van der Waals surface area contributed by atoms with Crippen LogP contribution in [0.15, 0.2) is 42.5 Å². The molecule has 0 aliphatic heterocycles. The molecule has 3 aromatic rings. The lowest BCUT2D eigenvalue weighted by Gasteiger charge is -2.10. The zero-order chi connectivity index (χ0) is 17.3. The van der Waals surface area contributed by atoms with Gasteiger partial charge in [0.1, 0.15) is 11.4 Å². The van der Waals surface area contributed by atoms with Gasteiger partial charge in [-0.15, -0.1) is 0 Å². The van der Waals surface area contributed by atoms with E-state index in [0.29, 0.717) is 5.69 Å². The number of carbonyl (C=O) groups is 1. The van der Waals surface area contributed by atoms with Crippen LogP contribution < -0.4 is 10.1 Å². The van der Waals surface area contributed by atoms with Gasteiger partial charge in [0, 0.05) is 16.6 Å². The molecule has 124 valence electrons. The van der Waals surface area contributed by atoms with Crippen molar-refractivity contribution in [3.63, 3.8) is 0 Å². The quantitative estimate of drug-likeness (QED) is 0.723. The molecule has 0 fully saturated rings. The van der Waals surface area contributed by atoms with Crippen LogP contribution in [0.4, 0.5) is 5.69 Å². The van der Waals surface area contributed by atoms with Gasteiger partial charge in [0.15, 0.2) is 0 Å². The van der Waals surface area contributed by atoms with Crippen molar-refractivity contribution in [2.24, 2.45) is 0 Å². The molecule has 4 heteroatoms. The first-order valence-corrected chi connectivity index (χ1v) is 8.11. The number of hydrogen-bond donors (Lipinski definition) is 2. The smallest absolute Gasteiger partial charge is 0.272 e. The van der Waals surface area contributed by atoms with Crippen LogP contribution in [0.1, 0.15) is 35.5 Å². The van der Waals surface area contributed by atoms with Crippen molar-refractivity contribution in [2.45, 2.75) is 33.8 Å². The van der Waals surface area contributed by atoms with Crippen molar-refractivity contribution in [1.82, 2.24) is 4.98 Å². The number of amides is 1. The molecule has 0 radical (unpaired) electrons. The SMILES string of the molecule is Cc1ccc2[nH]c(C(=O)Nc3ccc(OC(C)C)cc3)c(C)c2c1. The minimum atomic E-state index is -0.140. The predicted octanol–water partition coefficient (Wildman–Crippen LogP) is 4.82. The van der Waals surface area contributed by atoms with Gasteiger partial charge in [-0.2, -0.15) is 0 Å². The average Bonchev–Trinajstić information content (AvgIpc) is 2.86. The predicted molar refractivity (Wildman–Crippen MR) is 97.9 cm³/mol. The monoisotopic (exact) mass is 322 g/mol. The van der Waals surface area contributed by atoms with E-state index in [9.17, 15) is 4.79 Å². The van der Waals surface area contributed by atoms with Gasteiger partial charge in [-0.3, -0.25) is 4.79 Å². The van der Waals surface area contributed by atoms with Crippen molar-refractivity contribution in [2.75, 3.05) is 5.32 Å². The number of anilines is 1. The van der Waals surface area contributed by atoms with Crippen molar-refractivity contribution >= 4 is 22.5 Å². The van der Waals surface area contributed by atoms with Gasteiger partial charge in [0.25, 0.3) is 5.91 Å². The summed E-state index contributed by atoms with van der Waals surface area (Å²) in [5.74, 6) is 0.652. The molecule has 0 bridgehead atoms. The maximum Gasteiger partial charge on any atom is 0.272 e. The number of aromatic nitrogens is 1. The Morgan fingerprint density at radius 1 is 1.08 bits per heavy atom. The summed E-state index contributed by atoms with van der Waals surface area (Å²) in [6, 6.07) is 13.5. The minimum Gasteiger partial charge on any atom is -0.491 e. The van der Waals surface area contributed by atoms with Crippen LogP contribution in [0.2, 0.25) is 0 Å². The topological polar surface area (TPSA) is 54.1 Å². The zero-order valence-electron chi connectivity index (χ0n) is 14.4. The molecule has 24 heavy (non-hydrogen) atoms. The molecule has 0 unspecified atom stereocenters. The number of benzene rings is 2. The Bertz CT molecular complexity index is 877. The molecule has 0 saturated heterocycles. The molecule has 3 rings (SSSR count). The van der Waals surface area contributed by atoms with E-state index in [0.717, 1.165) is 27.9 Å². The molecular formula is C20H22N2O2. The molecule has 0 aliphatic rings. The Kier molecular flexibility index (Phi) is 4.30. The molecule has 0 atom stereocenters. The fourth-order valence-corrected chi connectivity index (χ4v) is 2.75. The fourth-order valence-electron chi connectivity index (χ4n) is 2.75. The normalized spacial score (nSPS) is 11.0. The number of nitrogens with one attached hydrogen (secondary N) is 2. The highest BCUT2D eigenvalue weighted by Gasteiger charge is 2.15. The van der Waals surface area contributed by atoms with Gasteiger partial charge >= 0.3 is 0 Å². The second-order valence-electron chi connectivity index (χ2n) is 6.32. The van der Waals surface area contributed by atoms with E-state index >= 15 is 0 Å². The first kappa shape index (κ1) is 16.1. The van der Waals surface area contributed by atoms with Gasteiger partial charge in [-0.05, 0) is 69.7 Å². The summed E-state index contributed by atoms with van der Waals surface area (Å²) < 4.78 is 5.61. The highest BCUT2D eigenvalue weighted by Crippen LogP contribution is 2.24. The Morgan fingerprint density at radius 2 is 1.79 bits per heavy atom. The summed E-state index contributed by atoms with van der Waals surface area (Å²) in [6.45, 7) is 7.98. The molecule has 0 spiro atoms. The summed E-state index contributed by atoms with van der Waals surface area (Å²) in [4.78, 5) is 15.8. The summed E-state index contributed by atoms with van der Waals surface area (Å²) in [6.07, 6.45) is 0.128. The van der Waals surface area contributed by atoms with Gasteiger partial charge in [0.2, 0.25) is 0 Å². The number of fused-ring (bicyclic) bond motifs is 1. The fraction of sp³-hybridized carbons (Fsp3) is 0.250. The van der Waals surface area contributed by atoms with E-state index in [1.807, 2.05) is 64.1 Å². The summed E-state index contributed by atoms with van der Waals surface area (Å²) in [5, 5.41) is 4.01. The van der Waals surface area contributed by atoms with Crippen LogP contribution in [0.3, 0.4) is 0 Å². The molecule has 1 heterocycles. The Balaban J connectivity index is 1.81. The zero-order valence-corrected chi connectivity index (χ0v) is 14.4. The van der Waals surface area contributed by atoms with E-state index in [2.05, 4.69) is 16.4 Å². The summed E-state index contributed by atoms with van der Waals surface area (Å²) in [7, 11) is 0. The van der Waals surface area contributed by atoms with E-state index in [1.165, 1.54) is 5.56 Å². The molecule has 0 aliphatic carbocycles. The van der Waals surface area contributed by atoms with E-state index < -0.39 is 0 Å². The van der Waals surface area contributed by atoms with E-state index in [-0.39, 0.29) is 12.0 Å². The molecule has 4 nitrogen and oxygen atoms in total. The first-order chi connectivity index (χ1) is 11.4. The van der Waals surface area contributed by atoms with Crippen LogP contribution >= 0.6 is 0 Å². The first-order valence-electron chi connectivity index (χ1n) is 8.11. The standard InChI is InChI=1S/C20H22N2O2/c1-12(2)24-16-8-6-15(7-9-16)21-20(23)19-14(4)17-11-13(3)5-10-18(17)22-19/h5-12,22H,1-4H3,(H,21,23). The molecule has 2 aromatic carbocycles. The number of aromatic amines is 1. The lowest BCUT2D eigenvalue weighted by molar-refractivity contribution is 0.102. The van der Waals surface area contributed by atoms with Crippen LogP contribution in [0, 0.1) is 13.8 Å². The van der Waals surface area contributed by atoms with Gasteiger partial charge < -0.3 is 15.0 Å². The van der Waals surface area contributed by atoms with Crippen molar-refractivity contribution in [3.05, 3.63) is 59.3 Å². The number of rotatable bonds is 4. The second-order valence-corrected chi connectivity index (χ2v) is 6.32. The third-order valence-corrected chi connectivity index (χ3v) is 3.92. The maximum absolute atomic E-state index is 12.6. The van der Waals surface area contributed by atoms with Gasteiger partial charge in [-0.25, -0.2) is 0 Å². The van der Waals surface area contributed by atoms with Crippen LogP contribution in [-0.4, -0.2) is 17.0 Å². The Morgan fingerprint density at radius 3 is 2.46 bits per heavy atom. The maximum atomic E-state index is 12.6. The Hall–Kier alpha value is -2.75. The van der Waals surface area contributed by atoms with Crippen molar-refractivity contribution < 1.29 is 9.53 Å². The summed E-state index contributed by atoms with van der Waals surface area (Å²) in [5.41, 5.74) is 4.45. The largest absolute Gasteiger partial charge is 0.491 e. The van der Waals surface area contributed by atoms with Crippen LogP contribution in [0.5, 0.6) is 5.75 Å². The van der Waals surface area contributed by atoms with Crippen LogP contribution in [0.25, 0.3) is 10.9 Å². The second kappa shape index (κ2) is 6.40. The highest BCUT2D eigenvalue weighted by molar-refractivity contribution is 6.07. The number of aryl methyl sites for hydroxylation is 2.